The number of ether oxygens (including phenoxy) is 1. The minimum absolute atomic E-state index is 0.0652. The molecule has 8 heteroatoms. The van der Waals surface area contributed by atoms with Crippen LogP contribution in [0.4, 0.5) is 4.79 Å². The van der Waals surface area contributed by atoms with Gasteiger partial charge in [-0.25, -0.2) is 4.79 Å². The van der Waals surface area contributed by atoms with E-state index in [1.165, 1.54) is 0 Å². The number of nitrogens with one attached hydrogen (secondary N) is 2. The lowest BCUT2D eigenvalue weighted by Gasteiger charge is -2.23. The first-order valence-corrected chi connectivity index (χ1v) is 12.1. The zero-order valence-corrected chi connectivity index (χ0v) is 20.2. The van der Waals surface area contributed by atoms with Gasteiger partial charge in [0.25, 0.3) is 0 Å². The van der Waals surface area contributed by atoms with Crippen molar-refractivity contribution < 1.29 is 24.2 Å². The number of carboxylic acid groups (broad SMARTS) is 1. The van der Waals surface area contributed by atoms with Crippen LogP contribution < -0.4 is 10.6 Å². The number of hydrogen-bond acceptors (Lipinski definition) is 5. The van der Waals surface area contributed by atoms with Crippen molar-refractivity contribution in [3.63, 3.8) is 0 Å². The van der Waals surface area contributed by atoms with Crippen molar-refractivity contribution in [3.05, 3.63) is 59.7 Å². The van der Waals surface area contributed by atoms with Crippen LogP contribution in [0.15, 0.2) is 48.5 Å². The average Bonchev–Trinajstić information content (AvgIpc) is 3.43. The normalized spacial score (nSPS) is 19.6. The number of amides is 2. The van der Waals surface area contributed by atoms with E-state index in [1.54, 1.807) is 0 Å². The molecule has 2 amide bonds. The van der Waals surface area contributed by atoms with Crippen LogP contribution in [-0.2, 0) is 14.3 Å². The van der Waals surface area contributed by atoms with E-state index in [2.05, 4.69) is 34.9 Å². The predicted molar refractivity (Wildman–Crippen MR) is 132 cm³/mol. The summed E-state index contributed by atoms with van der Waals surface area (Å²) >= 11 is 0. The van der Waals surface area contributed by atoms with Gasteiger partial charge in [0.15, 0.2) is 0 Å². The molecule has 0 aromatic heterocycles. The van der Waals surface area contributed by atoms with E-state index < -0.39 is 24.0 Å². The van der Waals surface area contributed by atoms with Gasteiger partial charge < -0.3 is 25.4 Å². The quantitative estimate of drug-likeness (QED) is 0.510. The van der Waals surface area contributed by atoms with E-state index in [-0.39, 0.29) is 30.9 Å². The minimum Gasteiger partial charge on any atom is -0.481 e. The summed E-state index contributed by atoms with van der Waals surface area (Å²) in [6.45, 7) is 0.744. The monoisotopic (exact) mass is 479 g/mol. The number of benzene rings is 2. The maximum atomic E-state index is 12.9. The van der Waals surface area contributed by atoms with Crippen LogP contribution in [-0.4, -0.2) is 67.8 Å². The highest BCUT2D eigenvalue weighted by atomic mass is 16.5. The largest absolute Gasteiger partial charge is 0.481 e. The zero-order valence-electron chi connectivity index (χ0n) is 20.2. The standard InChI is InChI=1S/C27H33N3O5/c1-30(2)15-24(25(31)28-14-17-8-7-13-18(17)26(32)33)29-27(34)35-16-23-21-11-5-3-9-19(21)20-10-4-6-12-22(20)23/h3-6,9-12,17-18,23-24H,7-8,13-16H2,1-2H3,(H,28,31)(H,29,34)(H,32,33)/t17-,18-,24?/m1/s1. The Morgan fingerprint density at radius 3 is 2.26 bits per heavy atom. The number of aliphatic carboxylic acids is 1. The SMILES string of the molecule is CN(C)CC(NC(=O)OCC1c2ccccc2-c2ccccc21)C(=O)NC[C@H]1CCC[C@H]1C(=O)O. The van der Waals surface area contributed by atoms with Gasteiger partial charge in [0.05, 0.1) is 5.92 Å². The van der Waals surface area contributed by atoms with Gasteiger partial charge in [-0.05, 0) is 55.1 Å². The van der Waals surface area contributed by atoms with E-state index in [0.717, 1.165) is 35.1 Å². The highest BCUT2D eigenvalue weighted by Crippen LogP contribution is 2.44. The van der Waals surface area contributed by atoms with Crippen molar-refractivity contribution in [2.45, 2.75) is 31.2 Å². The molecule has 0 spiro atoms. The molecule has 1 saturated carbocycles. The van der Waals surface area contributed by atoms with Gasteiger partial charge in [0.1, 0.15) is 12.6 Å². The Morgan fingerprint density at radius 2 is 1.66 bits per heavy atom. The smallest absolute Gasteiger partial charge is 0.407 e. The molecule has 4 rings (SSSR count). The molecule has 2 aromatic carbocycles. The Balaban J connectivity index is 1.36. The topological polar surface area (TPSA) is 108 Å². The van der Waals surface area contributed by atoms with E-state index in [4.69, 9.17) is 4.74 Å². The third-order valence-corrected chi connectivity index (χ3v) is 7.01. The number of rotatable bonds is 9. The average molecular weight is 480 g/mol. The van der Waals surface area contributed by atoms with E-state index in [1.807, 2.05) is 43.3 Å². The summed E-state index contributed by atoms with van der Waals surface area (Å²) < 4.78 is 5.60. The number of carbonyl (C=O) groups excluding carboxylic acids is 2. The molecule has 186 valence electrons. The first-order chi connectivity index (χ1) is 16.8. The Kier molecular flexibility index (Phi) is 7.70. The molecule has 35 heavy (non-hydrogen) atoms. The number of alkyl carbamates (subject to hydrolysis) is 1. The van der Waals surface area contributed by atoms with Gasteiger partial charge in [-0.3, -0.25) is 9.59 Å². The second-order valence-corrected chi connectivity index (χ2v) is 9.67. The van der Waals surface area contributed by atoms with Crippen molar-refractivity contribution in [3.8, 4) is 11.1 Å². The Morgan fingerprint density at radius 1 is 1.03 bits per heavy atom. The second kappa shape index (κ2) is 10.9. The molecular weight excluding hydrogens is 446 g/mol. The zero-order chi connectivity index (χ0) is 24.9. The van der Waals surface area contributed by atoms with Crippen LogP contribution in [0, 0.1) is 11.8 Å². The number of nitrogens with zero attached hydrogens (tertiary/aromatic N) is 1. The van der Waals surface area contributed by atoms with Crippen LogP contribution in [0.3, 0.4) is 0 Å². The lowest BCUT2D eigenvalue weighted by Crippen LogP contribution is -2.52. The van der Waals surface area contributed by atoms with Crippen LogP contribution in [0.5, 0.6) is 0 Å². The molecule has 0 bridgehead atoms. The number of carboxylic acids is 1. The molecule has 1 fully saturated rings. The Labute approximate surface area is 205 Å². The van der Waals surface area contributed by atoms with Crippen molar-refractivity contribution >= 4 is 18.0 Å². The summed E-state index contributed by atoms with van der Waals surface area (Å²) in [5.74, 6) is -1.75. The molecular formula is C27H33N3O5. The molecule has 0 aliphatic heterocycles. The first kappa shape index (κ1) is 24.7. The fraction of sp³-hybridized carbons (Fsp3) is 0.444. The summed E-state index contributed by atoms with van der Waals surface area (Å²) in [6, 6.07) is 15.4. The van der Waals surface area contributed by atoms with Crippen molar-refractivity contribution in [2.24, 2.45) is 11.8 Å². The summed E-state index contributed by atoms with van der Waals surface area (Å²) in [7, 11) is 3.63. The molecule has 1 unspecified atom stereocenters. The van der Waals surface area contributed by atoms with Gasteiger partial charge in [-0.2, -0.15) is 0 Å². The molecule has 2 aromatic rings. The number of likely N-dealkylation sites (N-methyl/N-ethyl adjacent to an activating group) is 1. The lowest BCUT2D eigenvalue weighted by atomic mass is 9.96. The third-order valence-electron chi connectivity index (χ3n) is 7.01. The fourth-order valence-electron chi connectivity index (χ4n) is 5.30. The van der Waals surface area contributed by atoms with Crippen LogP contribution in [0.2, 0.25) is 0 Å². The molecule has 0 saturated heterocycles. The highest BCUT2D eigenvalue weighted by Gasteiger charge is 2.34. The molecule has 2 aliphatic carbocycles. The van der Waals surface area contributed by atoms with Crippen molar-refractivity contribution in [1.29, 1.82) is 0 Å². The summed E-state index contributed by atoms with van der Waals surface area (Å²) in [4.78, 5) is 38.8. The van der Waals surface area contributed by atoms with Crippen LogP contribution in [0.25, 0.3) is 11.1 Å². The Bertz CT molecular complexity index is 1040. The molecule has 3 N–H and O–H groups in total. The maximum absolute atomic E-state index is 12.9. The fourth-order valence-corrected chi connectivity index (χ4v) is 5.30. The Hall–Kier alpha value is -3.39. The molecule has 3 atom stereocenters. The van der Waals surface area contributed by atoms with E-state index >= 15 is 0 Å². The molecule has 2 aliphatic rings. The minimum atomic E-state index is -0.816. The van der Waals surface area contributed by atoms with Crippen molar-refractivity contribution in [1.82, 2.24) is 15.5 Å². The summed E-state index contributed by atoms with van der Waals surface area (Å²) in [6.07, 6.45) is 1.60. The van der Waals surface area contributed by atoms with E-state index in [9.17, 15) is 19.5 Å². The molecule has 0 radical (unpaired) electrons. The van der Waals surface area contributed by atoms with Crippen molar-refractivity contribution in [2.75, 3.05) is 33.8 Å². The third kappa shape index (κ3) is 5.65. The van der Waals surface area contributed by atoms with Crippen LogP contribution >= 0.6 is 0 Å². The number of carbonyl (C=O) groups is 3. The first-order valence-electron chi connectivity index (χ1n) is 12.1. The van der Waals surface area contributed by atoms with Crippen LogP contribution in [0.1, 0.15) is 36.3 Å². The highest BCUT2D eigenvalue weighted by molar-refractivity contribution is 5.86. The lowest BCUT2D eigenvalue weighted by molar-refractivity contribution is -0.143. The number of fused-ring (bicyclic) bond motifs is 3. The van der Waals surface area contributed by atoms with Gasteiger partial charge in [0.2, 0.25) is 5.91 Å². The van der Waals surface area contributed by atoms with E-state index in [0.29, 0.717) is 13.0 Å². The van der Waals surface area contributed by atoms with Gasteiger partial charge in [-0.1, -0.05) is 55.0 Å². The summed E-state index contributed by atoms with van der Waals surface area (Å²) in [5, 5.41) is 14.9. The maximum Gasteiger partial charge on any atom is 0.407 e. The van der Waals surface area contributed by atoms with Gasteiger partial charge in [-0.15, -0.1) is 0 Å². The molecule has 0 heterocycles. The summed E-state index contributed by atoms with van der Waals surface area (Å²) in [5.41, 5.74) is 4.53. The second-order valence-electron chi connectivity index (χ2n) is 9.67. The number of hydrogen-bond donors (Lipinski definition) is 3. The molecule has 8 nitrogen and oxygen atoms in total. The predicted octanol–water partition coefficient (Wildman–Crippen LogP) is 3.07. The van der Waals surface area contributed by atoms with Gasteiger partial charge >= 0.3 is 12.1 Å². The van der Waals surface area contributed by atoms with Gasteiger partial charge in [0, 0.05) is 19.0 Å².